The van der Waals surface area contributed by atoms with E-state index in [1.54, 1.807) is 31.2 Å². The maximum atomic E-state index is 10.9. The third-order valence-electron chi connectivity index (χ3n) is 6.04. The van der Waals surface area contributed by atoms with Crippen LogP contribution in [0.15, 0.2) is 102 Å². The summed E-state index contributed by atoms with van der Waals surface area (Å²) in [6.07, 6.45) is 3.40. The SMILES string of the molecule is COc1cccc(-n2c(-c3ccccn3)n[nH]c2=S)c1.COc1cccc(-n2c(SCC(=O)O)nnc2-c2ccccn2)c1. The number of aliphatic carboxylic acids is 1. The van der Waals surface area contributed by atoms with Crippen LogP contribution in [-0.2, 0) is 4.79 Å². The molecule has 0 aliphatic heterocycles. The molecule has 14 heteroatoms. The van der Waals surface area contributed by atoms with Crippen LogP contribution < -0.4 is 9.47 Å². The first-order chi connectivity index (χ1) is 21.5. The van der Waals surface area contributed by atoms with Crippen LogP contribution in [0.4, 0.5) is 0 Å². The molecule has 0 saturated heterocycles. The monoisotopic (exact) mass is 626 g/mol. The lowest BCUT2D eigenvalue weighted by molar-refractivity contribution is -0.133. The van der Waals surface area contributed by atoms with Gasteiger partial charge >= 0.3 is 5.97 Å². The van der Waals surface area contributed by atoms with E-state index in [0.717, 1.165) is 34.6 Å². The molecule has 4 heterocycles. The first-order valence-corrected chi connectivity index (χ1v) is 14.5. The average Bonchev–Trinajstić information content (AvgIpc) is 3.68. The van der Waals surface area contributed by atoms with Gasteiger partial charge in [0.15, 0.2) is 21.6 Å². The molecule has 4 aromatic heterocycles. The van der Waals surface area contributed by atoms with Crippen molar-refractivity contribution in [1.29, 1.82) is 0 Å². The number of aromatic nitrogens is 8. The Bertz CT molecular complexity index is 1910. The number of ether oxygens (including phenoxy) is 2. The number of carbonyl (C=O) groups is 1. The number of rotatable bonds is 9. The van der Waals surface area contributed by atoms with Gasteiger partial charge in [-0.05, 0) is 60.7 Å². The molecule has 0 bridgehead atoms. The number of hydrogen-bond acceptors (Lipinski definition) is 10. The summed E-state index contributed by atoms with van der Waals surface area (Å²) in [6, 6.07) is 26.2. The predicted octanol–water partition coefficient (Wildman–Crippen LogP) is 5.52. The topological polar surface area (TPSA) is 146 Å². The lowest BCUT2D eigenvalue weighted by atomic mass is 10.2. The van der Waals surface area contributed by atoms with Crippen LogP contribution in [0.3, 0.4) is 0 Å². The Morgan fingerprint density at radius 1 is 0.818 bits per heavy atom. The Morgan fingerprint density at radius 2 is 1.41 bits per heavy atom. The lowest BCUT2D eigenvalue weighted by Crippen LogP contribution is -2.03. The van der Waals surface area contributed by atoms with Gasteiger partial charge in [-0.1, -0.05) is 36.0 Å². The van der Waals surface area contributed by atoms with Crippen molar-refractivity contribution >= 4 is 29.9 Å². The van der Waals surface area contributed by atoms with E-state index in [1.807, 2.05) is 89.5 Å². The molecule has 0 aliphatic rings. The zero-order valence-electron chi connectivity index (χ0n) is 23.6. The maximum absolute atomic E-state index is 10.9. The van der Waals surface area contributed by atoms with Crippen LogP contribution in [0.25, 0.3) is 34.4 Å². The molecule has 222 valence electrons. The van der Waals surface area contributed by atoms with Crippen LogP contribution in [0.5, 0.6) is 11.5 Å². The smallest absolute Gasteiger partial charge is 0.313 e. The maximum Gasteiger partial charge on any atom is 0.313 e. The van der Waals surface area contributed by atoms with E-state index in [4.69, 9.17) is 26.8 Å². The van der Waals surface area contributed by atoms with E-state index >= 15 is 0 Å². The fourth-order valence-electron chi connectivity index (χ4n) is 4.09. The Labute approximate surface area is 261 Å². The minimum atomic E-state index is -0.917. The second-order valence-corrected chi connectivity index (χ2v) is 10.2. The van der Waals surface area contributed by atoms with Crippen molar-refractivity contribution in [3.63, 3.8) is 0 Å². The quantitative estimate of drug-likeness (QED) is 0.155. The van der Waals surface area contributed by atoms with E-state index in [-0.39, 0.29) is 5.75 Å². The third kappa shape index (κ3) is 6.99. The molecule has 2 aromatic carbocycles. The number of nitrogens with zero attached hydrogens (tertiary/aromatic N) is 7. The number of methoxy groups -OCH3 is 2. The van der Waals surface area contributed by atoms with Crippen LogP contribution in [0.1, 0.15) is 0 Å². The minimum absolute atomic E-state index is 0.107. The van der Waals surface area contributed by atoms with E-state index in [1.165, 1.54) is 0 Å². The molecule has 0 fully saturated rings. The van der Waals surface area contributed by atoms with Crippen molar-refractivity contribution in [3.05, 3.63) is 102 Å². The summed E-state index contributed by atoms with van der Waals surface area (Å²) < 4.78 is 14.6. The summed E-state index contributed by atoms with van der Waals surface area (Å²) in [4.78, 5) is 19.5. The Morgan fingerprint density at radius 3 is 1.95 bits per heavy atom. The molecule has 0 spiro atoms. The molecule has 2 N–H and O–H groups in total. The van der Waals surface area contributed by atoms with Crippen molar-refractivity contribution in [2.75, 3.05) is 20.0 Å². The van der Waals surface area contributed by atoms with Crippen molar-refractivity contribution in [1.82, 2.24) is 39.5 Å². The van der Waals surface area contributed by atoms with Gasteiger partial charge in [0.05, 0.1) is 31.3 Å². The highest BCUT2D eigenvalue weighted by Gasteiger charge is 2.18. The van der Waals surface area contributed by atoms with E-state index in [9.17, 15) is 4.79 Å². The molecule has 0 radical (unpaired) electrons. The van der Waals surface area contributed by atoms with Crippen LogP contribution in [-0.4, -0.2) is 70.5 Å². The summed E-state index contributed by atoms with van der Waals surface area (Å²) >= 11 is 6.41. The highest BCUT2D eigenvalue weighted by atomic mass is 32.2. The molecule has 0 aliphatic carbocycles. The second-order valence-electron chi connectivity index (χ2n) is 8.84. The Hall–Kier alpha value is -5.34. The van der Waals surface area contributed by atoms with Gasteiger partial charge in [-0.3, -0.25) is 29.0 Å². The molecule has 0 unspecified atom stereocenters. The highest BCUT2D eigenvalue weighted by Crippen LogP contribution is 2.28. The van der Waals surface area contributed by atoms with Gasteiger partial charge in [0.2, 0.25) is 0 Å². The van der Waals surface area contributed by atoms with Crippen molar-refractivity contribution in [3.8, 4) is 45.9 Å². The molecule has 44 heavy (non-hydrogen) atoms. The molecule has 12 nitrogen and oxygen atoms in total. The number of carboxylic acids is 1. The first-order valence-electron chi connectivity index (χ1n) is 13.1. The zero-order chi connectivity index (χ0) is 30.9. The van der Waals surface area contributed by atoms with Gasteiger partial charge in [-0.25, -0.2) is 0 Å². The number of pyridine rings is 2. The molecule has 0 amide bonds. The fourth-order valence-corrected chi connectivity index (χ4v) is 5.00. The normalized spacial score (nSPS) is 10.5. The lowest BCUT2D eigenvalue weighted by Gasteiger charge is -2.10. The van der Waals surface area contributed by atoms with E-state index < -0.39 is 5.97 Å². The molecule has 6 rings (SSSR count). The predicted molar refractivity (Wildman–Crippen MR) is 168 cm³/mol. The van der Waals surface area contributed by atoms with Gasteiger partial charge in [0, 0.05) is 24.5 Å². The van der Waals surface area contributed by atoms with Gasteiger partial charge < -0.3 is 14.6 Å². The number of H-pyrrole nitrogens is 1. The van der Waals surface area contributed by atoms with Gasteiger partial charge in [0.1, 0.15) is 22.9 Å². The van der Waals surface area contributed by atoms with Gasteiger partial charge in [-0.2, -0.15) is 5.10 Å². The van der Waals surface area contributed by atoms with Crippen molar-refractivity contribution in [2.45, 2.75) is 5.16 Å². The molecular weight excluding hydrogens is 601 g/mol. The van der Waals surface area contributed by atoms with Gasteiger partial charge in [0.25, 0.3) is 0 Å². The number of carboxylic acid groups (broad SMARTS) is 1. The number of hydrogen-bond donors (Lipinski definition) is 2. The second kappa shape index (κ2) is 14.2. The molecule has 0 atom stereocenters. The Balaban J connectivity index is 0.000000177. The summed E-state index contributed by atoms with van der Waals surface area (Å²) in [7, 11) is 3.22. The molecule has 6 aromatic rings. The standard InChI is InChI=1S/C16H14N4O3S.C14H12N4OS/c1-23-12-6-4-5-11(9-12)20-15(13-7-2-3-8-17-13)18-19-16(20)24-10-14(21)22;1-19-11-6-4-5-10(9-11)18-13(16-17-14(18)20)12-7-2-3-8-15-12/h2-9H,10H2,1H3,(H,21,22);2-9H,1H3,(H,17,20). The van der Waals surface area contributed by atoms with E-state index in [0.29, 0.717) is 33.0 Å². The number of aromatic amines is 1. The summed E-state index contributed by atoms with van der Waals surface area (Å²) in [5.74, 6) is 1.63. The highest BCUT2D eigenvalue weighted by molar-refractivity contribution is 7.99. The summed E-state index contributed by atoms with van der Waals surface area (Å²) in [5, 5.41) is 24.8. The number of benzene rings is 2. The summed E-state index contributed by atoms with van der Waals surface area (Å²) in [5.41, 5.74) is 3.05. The Kier molecular flexibility index (Phi) is 9.74. The van der Waals surface area contributed by atoms with Gasteiger partial charge in [-0.15, -0.1) is 10.2 Å². The van der Waals surface area contributed by atoms with Crippen LogP contribution >= 0.6 is 24.0 Å². The van der Waals surface area contributed by atoms with Crippen molar-refractivity contribution < 1.29 is 19.4 Å². The van der Waals surface area contributed by atoms with Crippen LogP contribution in [0, 0.1) is 4.77 Å². The first kappa shape index (κ1) is 30.1. The molecule has 0 saturated carbocycles. The minimum Gasteiger partial charge on any atom is -0.497 e. The van der Waals surface area contributed by atoms with Crippen molar-refractivity contribution in [2.24, 2.45) is 0 Å². The zero-order valence-corrected chi connectivity index (χ0v) is 25.2. The largest absolute Gasteiger partial charge is 0.497 e. The fraction of sp³-hybridized carbons (Fsp3) is 0.100. The molecular formula is C30H26N8O4S2. The number of nitrogens with one attached hydrogen (secondary N) is 1. The number of thioether (sulfide) groups is 1. The summed E-state index contributed by atoms with van der Waals surface area (Å²) in [6.45, 7) is 0. The third-order valence-corrected chi connectivity index (χ3v) is 7.23. The van der Waals surface area contributed by atoms with E-state index in [2.05, 4.69) is 30.4 Å². The average molecular weight is 627 g/mol. The van der Waals surface area contributed by atoms with Crippen LogP contribution in [0.2, 0.25) is 0 Å².